The zero-order chi connectivity index (χ0) is 38.0. The lowest BCUT2D eigenvalue weighted by Crippen LogP contribution is -2.47. The summed E-state index contributed by atoms with van der Waals surface area (Å²) in [7, 11) is 0. The summed E-state index contributed by atoms with van der Waals surface area (Å²) in [6, 6.07) is 17.9. The van der Waals surface area contributed by atoms with Crippen LogP contribution < -0.4 is 15.5 Å². The lowest BCUT2D eigenvalue weighted by atomic mass is 9.85. The largest absolute Gasteiger partial charge is 0.391 e. The summed E-state index contributed by atoms with van der Waals surface area (Å²) in [6.45, 7) is 5.80. The molecule has 0 unspecified atom stereocenters. The summed E-state index contributed by atoms with van der Waals surface area (Å²) in [4.78, 5) is 26.0. The van der Waals surface area contributed by atoms with E-state index in [1.165, 1.54) is 33.9 Å². The molecule has 6 aromatic rings. The van der Waals surface area contributed by atoms with Crippen LogP contribution in [0.2, 0.25) is 0 Å². The second-order valence-electron chi connectivity index (χ2n) is 13.2. The topological polar surface area (TPSA) is 156 Å². The summed E-state index contributed by atoms with van der Waals surface area (Å²) >= 11 is 0. The SMILES string of the molecule is CC[C@@H]([C@H](C)O)n1ncn(-c2ccc(N3CCN(c4ccc(-c5ccc(C(F)(F)[C@](O)(Cn6cnnn6)c6ccc(F)cc6)nc5)cc4)CC3)cn2)c1=O. The lowest BCUT2D eigenvalue weighted by molar-refractivity contribution is -0.206. The Morgan fingerprint density at radius 3 is 2.07 bits per heavy atom. The molecular weight excluding hydrogens is 703 g/mol. The summed E-state index contributed by atoms with van der Waals surface area (Å²) in [6.07, 6.45) is 5.44. The van der Waals surface area contributed by atoms with Gasteiger partial charge in [-0.3, -0.25) is 4.98 Å². The van der Waals surface area contributed by atoms with E-state index < -0.39 is 41.7 Å². The van der Waals surface area contributed by atoms with Gasteiger partial charge in [0, 0.05) is 43.6 Å². The molecule has 3 atom stereocenters. The predicted octanol–water partition coefficient (Wildman–Crippen LogP) is 3.95. The van der Waals surface area contributed by atoms with Crippen LogP contribution in [0.4, 0.5) is 24.5 Å². The number of aliphatic hydroxyl groups is 2. The first kappa shape index (κ1) is 36.4. The molecule has 7 rings (SSSR count). The molecule has 4 aromatic heterocycles. The van der Waals surface area contributed by atoms with Gasteiger partial charge in [0.2, 0.25) is 0 Å². The fourth-order valence-electron chi connectivity index (χ4n) is 6.76. The van der Waals surface area contributed by atoms with Gasteiger partial charge in [0.25, 0.3) is 0 Å². The molecule has 1 aliphatic heterocycles. The van der Waals surface area contributed by atoms with Gasteiger partial charge in [0.1, 0.15) is 30.0 Å². The number of nitrogens with zero attached hydrogens (tertiary/aromatic N) is 11. The van der Waals surface area contributed by atoms with Gasteiger partial charge in [0.15, 0.2) is 5.60 Å². The quantitative estimate of drug-likeness (QED) is 0.187. The van der Waals surface area contributed by atoms with E-state index in [1.807, 2.05) is 37.3 Å². The van der Waals surface area contributed by atoms with Crippen LogP contribution in [-0.4, -0.2) is 87.0 Å². The Kier molecular flexibility index (Phi) is 10.00. The third-order valence-electron chi connectivity index (χ3n) is 9.88. The van der Waals surface area contributed by atoms with Gasteiger partial charge in [-0.1, -0.05) is 37.3 Å². The van der Waals surface area contributed by atoms with E-state index in [9.17, 15) is 19.4 Å². The summed E-state index contributed by atoms with van der Waals surface area (Å²) in [5.74, 6) is -4.11. The van der Waals surface area contributed by atoms with Gasteiger partial charge in [-0.15, -0.1) is 5.10 Å². The molecule has 14 nitrogen and oxygen atoms in total. The maximum Gasteiger partial charge on any atom is 0.351 e. The smallest absolute Gasteiger partial charge is 0.351 e. The van der Waals surface area contributed by atoms with Crippen molar-refractivity contribution in [3.8, 4) is 16.9 Å². The number of pyridine rings is 2. The second-order valence-corrected chi connectivity index (χ2v) is 13.2. The minimum Gasteiger partial charge on any atom is -0.391 e. The van der Waals surface area contributed by atoms with E-state index in [2.05, 4.69) is 40.4 Å². The van der Waals surface area contributed by atoms with E-state index >= 15 is 8.78 Å². The highest BCUT2D eigenvalue weighted by molar-refractivity contribution is 5.66. The van der Waals surface area contributed by atoms with Crippen molar-refractivity contribution in [2.75, 3.05) is 36.0 Å². The van der Waals surface area contributed by atoms with Crippen molar-refractivity contribution in [1.29, 1.82) is 0 Å². The Morgan fingerprint density at radius 2 is 1.50 bits per heavy atom. The molecular formula is C37H38F3N11O3. The Morgan fingerprint density at radius 1 is 0.833 bits per heavy atom. The van der Waals surface area contributed by atoms with Gasteiger partial charge in [-0.2, -0.15) is 13.9 Å². The van der Waals surface area contributed by atoms with Gasteiger partial charge in [-0.05, 0) is 77.4 Å². The number of alkyl halides is 2. The number of aromatic nitrogens is 9. The van der Waals surface area contributed by atoms with Gasteiger partial charge >= 0.3 is 11.6 Å². The zero-order valence-electron chi connectivity index (χ0n) is 29.5. The van der Waals surface area contributed by atoms with Crippen LogP contribution >= 0.6 is 0 Å². The molecule has 0 bridgehead atoms. The van der Waals surface area contributed by atoms with Crippen LogP contribution in [0.1, 0.15) is 37.6 Å². The molecule has 0 spiro atoms. The molecule has 1 aliphatic rings. The van der Waals surface area contributed by atoms with Crippen LogP contribution in [0.3, 0.4) is 0 Å². The van der Waals surface area contributed by atoms with Crippen molar-refractivity contribution < 1.29 is 23.4 Å². The summed E-state index contributed by atoms with van der Waals surface area (Å²) in [5, 5.41) is 36.3. The van der Waals surface area contributed by atoms with Crippen molar-refractivity contribution >= 4 is 11.4 Å². The molecule has 280 valence electrons. The van der Waals surface area contributed by atoms with Crippen LogP contribution in [0, 0.1) is 5.82 Å². The van der Waals surface area contributed by atoms with Gasteiger partial charge < -0.3 is 20.0 Å². The lowest BCUT2D eigenvalue weighted by Gasteiger charge is -2.37. The molecule has 2 N–H and O–H groups in total. The number of rotatable bonds is 12. The fourth-order valence-corrected chi connectivity index (χ4v) is 6.76. The molecule has 1 fully saturated rings. The maximum absolute atomic E-state index is 16.1. The highest BCUT2D eigenvalue weighted by Crippen LogP contribution is 2.46. The molecule has 0 aliphatic carbocycles. The average molecular weight is 742 g/mol. The standard InChI is InChI=1S/C37H38F3N11O3/c1-3-32(25(2)52)51-35(53)50(24-44-51)34-15-13-31(21-42-34)48-18-16-47(17-19-48)30-11-4-26(5-12-30)27-6-14-33(41-20-27)37(39,40)36(54,22-49-23-43-45-46-49)28-7-9-29(38)10-8-28/h4-15,20-21,23-25,32,52,54H,3,16-19,22H2,1-2H3/t25-,32-,36-/m0/s1. The normalized spacial score (nSPS) is 15.9. The third kappa shape index (κ3) is 6.94. The number of aliphatic hydroxyl groups excluding tert-OH is 1. The van der Waals surface area contributed by atoms with E-state index in [0.717, 1.165) is 78.4 Å². The Balaban J connectivity index is 0.995. The van der Waals surface area contributed by atoms with Crippen LogP contribution in [0.25, 0.3) is 16.9 Å². The highest BCUT2D eigenvalue weighted by atomic mass is 19.3. The molecule has 54 heavy (non-hydrogen) atoms. The number of benzene rings is 2. The van der Waals surface area contributed by atoms with E-state index in [4.69, 9.17) is 0 Å². The van der Waals surface area contributed by atoms with E-state index in [0.29, 0.717) is 17.8 Å². The van der Waals surface area contributed by atoms with E-state index in [-0.39, 0.29) is 11.3 Å². The highest BCUT2D eigenvalue weighted by Gasteiger charge is 2.56. The molecule has 5 heterocycles. The first-order chi connectivity index (χ1) is 26.0. The van der Waals surface area contributed by atoms with Gasteiger partial charge in [-0.25, -0.2) is 28.1 Å². The minimum atomic E-state index is -3.92. The van der Waals surface area contributed by atoms with Crippen molar-refractivity contribution in [3.63, 3.8) is 0 Å². The van der Waals surface area contributed by atoms with Crippen molar-refractivity contribution in [2.24, 2.45) is 0 Å². The number of anilines is 2. The number of hydrogen-bond donors (Lipinski definition) is 2. The summed E-state index contributed by atoms with van der Waals surface area (Å²) in [5.41, 5.74) is -0.786. The zero-order valence-corrected chi connectivity index (χ0v) is 29.5. The molecule has 0 radical (unpaired) electrons. The Hall–Kier alpha value is -5.94. The molecule has 2 aromatic carbocycles. The van der Waals surface area contributed by atoms with Crippen LogP contribution in [0.15, 0.2) is 103 Å². The van der Waals surface area contributed by atoms with Crippen molar-refractivity contribution in [1.82, 2.24) is 44.5 Å². The number of tetrazole rings is 1. The fraction of sp³-hybridized carbons (Fsp3) is 0.324. The van der Waals surface area contributed by atoms with E-state index in [1.54, 1.807) is 19.2 Å². The minimum absolute atomic E-state index is 0.223. The van der Waals surface area contributed by atoms with Crippen molar-refractivity contribution in [3.05, 3.63) is 125 Å². The third-order valence-corrected chi connectivity index (χ3v) is 9.88. The average Bonchev–Trinajstić information content (AvgIpc) is 3.85. The number of piperazine rings is 1. The molecule has 0 amide bonds. The second kappa shape index (κ2) is 14.8. The number of halogens is 3. The van der Waals surface area contributed by atoms with Gasteiger partial charge in [0.05, 0.1) is 30.6 Å². The maximum atomic E-state index is 16.1. The summed E-state index contributed by atoms with van der Waals surface area (Å²) < 4.78 is 49.6. The monoisotopic (exact) mass is 741 g/mol. The first-order valence-corrected chi connectivity index (χ1v) is 17.4. The Labute approximate surface area is 307 Å². The number of hydrogen-bond acceptors (Lipinski definition) is 11. The molecule has 17 heteroatoms. The van der Waals surface area contributed by atoms with Crippen molar-refractivity contribution in [2.45, 2.75) is 50.5 Å². The van der Waals surface area contributed by atoms with Crippen LogP contribution in [0.5, 0.6) is 0 Å². The first-order valence-electron chi connectivity index (χ1n) is 17.4. The Bertz CT molecular complexity index is 2200. The molecule has 0 saturated carbocycles. The van der Waals surface area contributed by atoms with Crippen LogP contribution in [-0.2, 0) is 18.1 Å². The molecule has 1 saturated heterocycles. The predicted molar refractivity (Wildman–Crippen MR) is 193 cm³/mol.